The maximum Gasteiger partial charge on any atom is 0.243 e. The third-order valence-corrected chi connectivity index (χ3v) is 2.69. The number of unbranched alkanes of at least 4 members (excludes halogenated alkanes) is 3. The van der Waals surface area contributed by atoms with Crippen LogP contribution in [0.5, 0.6) is 0 Å². The minimum absolute atomic E-state index is 0.0192. The van der Waals surface area contributed by atoms with Crippen molar-refractivity contribution in [2.45, 2.75) is 32.1 Å². The fraction of sp³-hybridized carbons (Fsp3) is 0.400. The van der Waals surface area contributed by atoms with E-state index in [4.69, 9.17) is 0 Å². The van der Waals surface area contributed by atoms with Crippen LogP contribution in [-0.2, 0) is 11.2 Å². The van der Waals surface area contributed by atoms with Crippen molar-refractivity contribution in [2.75, 3.05) is 7.05 Å². The molecule has 0 bridgehead atoms. The molecule has 0 saturated carbocycles. The molecule has 0 aliphatic rings. The van der Waals surface area contributed by atoms with Gasteiger partial charge in [-0.05, 0) is 37.3 Å². The summed E-state index contributed by atoms with van der Waals surface area (Å²) in [7, 11) is 1.65. The Morgan fingerprint density at radius 2 is 1.94 bits per heavy atom. The third kappa shape index (κ3) is 6.56. The highest BCUT2D eigenvalue weighted by atomic mass is 16.1. The molecule has 0 radical (unpaired) electrons. The topological polar surface area (TPSA) is 29.1 Å². The summed E-state index contributed by atoms with van der Waals surface area (Å²) in [5.74, 6) is -0.0192. The average molecular weight is 231 g/mol. The number of carbonyl (C=O) groups excluding carboxylic acids is 1. The molecule has 1 aromatic carbocycles. The Morgan fingerprint density at radius 1 is 1.18 bits per heavy atom. The summed E-state index contributed by atoms with van der Waals surface area (Å²) in [5, 5.41) is 2.56. The van der Waals surface area contributed by atoms with Crippen LogP contribution in [0.3, 0.4) is 0 Å². The fourth-order valence-electron chi connectivity index (χ4n) is 1.69. The average Bonchev–Trinajstić information content (AvgIpc) is 2.38. The summed E-state index contributed by atoms with van der Waals surface area (Å²) in [6.45, 7) is 0. The normalized spacial score (nSPS) is 10.6. The first-order valence-electron chi connectivity index (χ1n) is 6.25. The molecule has 0 aliphatic heterocycles. The van der Waals surface area contributed by atoms with Crippen LogP contribution in [0.25, 0.3) is 0 Å². The summed E-state index contributed by atoms with van der Waals surface area (Å²) in [5.41, 5.74) is 1.41. The van der Waals surface area contributed by atoms with Crippen LogP contribution < -0.4 is 5.32 Å². The second kappa shape index (κ2) is 8.57. The van der Waals surface area contributed by atoms with Crippen LogP contribution in [0.2, 0.25) is 0 Å². The monoisotopic (exact) mass is 231 g/mol. The van der Waals surface area contributed by atoms with Crippen LogP contribution >= 0.6 is 0 Å². The van der Waals surface area contributed by atoms with Crippen LogP contribution in [0, 0.1) is 0 Å². The van der Waals surface area contributed by atoms with E-state index in [2.05, 4.69) is 29.6 Å². The van der Waals surface area contributed by atoms with Gasteiger partial charge in [-0.2, -0.15) is 0 Å². The van der Waals surface area contributed by atoms with Crippen molar-refractivity contribution in [3.63, 3.8) is 0 Å². The van der Waals surface area contributed by atoms with Crippen LogP contribution in [0.4, 0.5) is 0 Å². The van der Waals surface area contributed by atoms with E-state index in [-0.39, 0.29) is 5.91 Å². The number of hydrogen-bond acceptors (Lipinski definition) is 1. The molecule has 0 fully saturated rings. The molecule has 1 amide bonds. The van der Waals surface area contributed by atoms with Crippen molar-refractivity contribution < 1.29 is 4.79 Å². The van der Waals surface area contributed by atoms with E-state index < -0.39 is 0 Å². The number of allylic oxidation sites excluding steroid dienone is 1. The van der Waals surface area contributed by atoms with Crippen molar-refractivity contribution in [1.29, 1.82) is 0 Å². The second-order valence-electron chi connectivity index (χ2n) is 4.10. The third-order valence-electron chi connectivity index (χ3n) is 2.69. The molecule has 0 saturated heterocycles. The molecule has 0 heterocycles. The Morgan fingerprint density at radius 3 is 2.65 bits per heavy atom. The fourth-order valence-corrected chi connectivity index (χ4v) is 1.69. The number of likely N-dealkylation sites (N-methyl/N-ethyl adjacent to an activating group) is 1. The smallest absolute Gasteiger partial charge is 0.243 e. The lowest BCUT2D eigenvalue weighted by Crippen LogP contribution is -2.13. The van der Waals surface area contributed by atoms with Gasteiger partial charge in [-0.25, -0.2) is 0 Å². The SMILES string of the molecule is CNC(=O)C=CCCCCCc1ccccc1. The largest absolute Gasteiger partial charge is 0.356 e. The molecular weight excluding hydrogens is 210 g/mol. The predicted molar refractivity (Wildman–Crippen MR) is 71.8 cm³/mol. The minimum Gasteiger partial charge on any atom is -0.356 e. The first-order valence-corrected chi connectivity index (χ1v) is 6.25. The lowest BCUT2D eigenvalue weighted by Gasteiger charge is -2.00. The number of hydrogen-bond donors (Lipinski definition) is 1. The lowest BCUT2D eigenvalue weighted by molar-refractivity contribution is -0.116. The Labute approximate surface area is 104 Å². The maximum absolute atomic E-state index is 10.9. The molecule has 1 aromatic rings. The zero-order valence-corrected chi connectivity index (χ0v) is 10.5. The molecule has 0 aromatic heterocycles. The number of benzene rings is 1. The zero-order valence-electron chi connectivity index (χ0n) is 10.5. The number of nitrogens with one attached hydrogen (secondary N) is 1. The van der Waals surface area contributed by atoms with Gasteiger partial charge in [-0.3, -0.25) is 4.79 Å². The van der Waals surface area contributed by atoms with Crippen molar-refractivity contribution >= 4 is 5.91 Å². The van der Waals surface area contributed by atoms with E-state index in [1.807, 2.05) is 12.1 Å². The van der Waals surface area contributed by atoms with E-state index >= 15 is 0 Å². The Balaban J connectivity index is 2.02. The molecule has 2 nitrogen and oxygen atoms in total. The number of carbonyl (C=O) groups is 1. The van der Waals surface area contributed by atoms with E-state index in [0.29, 0.717) is 0 Å². The van der Waals surface area contributed by atoms with Crippen molar-refractivity contribution in [3.05, 3.63) is 48.0 Å². The van der Waals surface area contributed by atoms with E-state index in [1.54, 1.807) is 13.1 Å². The minimum atomic E-state index is -0.0192. The van der Waals surface area contributed by atoms with Gasteiger partial charge in [0.05, 0.1) is 0 Å². The molecule has 1 rings (SSSR count). The molecule has 2 heteroatoms. The molecular formula is C15H21NO. The van der Waals surface area contributed by atoms with Gasteiger partial charge in [0.25, 0.3) is 0 Å². The highest BCUT2D eigenvalue weighted by Crippen LogP contribution is 2.07. The van der Waals surface area contributed by atoms with Gasteiger partial charge >= 0.3 is 0 Å². The van der Waals surface area contributed by atoms with E-state index in [1.165, 1.54) is 18.4 Å². The molecule has 92 valence electrons. The summed E-state index contributed by atoms with van der Waals surface area (Å²) in [6, 6.07) is 10.6. The van der Waals surface area contributed by atoms with Crippen LogP contribution in [0.1, 0.15) is 31.2 Å². The summed E-state index contributed by atoms with van der Waals surface area (Å²) >= 11 is 0. The molecule has 1 N–H and O–H groups in total. The molecule has 0 atom stereocenters. The van der Waals surface area contributed by atoms with Crippen LogP contribution in [0.15, 0.2) is 42.5 Å². The van der Waals surface area contributed by atoms with Crippen molar-refractivity contribution in [1.82, 2.24) is 5.32 Å². The quantitative estimate of drug-likeness (QED) is 0.567. The van der Waals surface area contributed by atoms with E-state index in [0.717, 1.165) is 19.3 Å². The molecule has 0 aliphatic carbocycles. The van der Waals surface area contributed by atoms with E-state index in [9.17, 15) is 4.79 Å². The maximum atomic E-state index is 10.9. The van der Waals surface area contributed by atoms with Gasteiger partial charge in [0, 0.05) is 7.05 Å². The van der Waals surface area contributed by atoms with Gasteiger partial charge < -0.3 is 5.32 Å². The molecule has 17 heavy (non-hydrogen) atoms. The van der Waals surface area contributed by atoms with Crippen LogP contribution in [-0.4, -0.2) is 13.0 Å². The number of aryl methyl sites for hydroxylation is 1. The number of amides is 1. The highest BCUT2D eigenvalue weighted by Gasteiger charge is 1.92. The summed E-state index contributed by atoms with van der Waals surface area (Å²) in [6.07, 6.45) is 9.28. The zero-order chi connectivity index (χ0) is 12.3. The van der Waals surface area contributed by atoms with Gasteiger partial charge in [0.15, 0.2) is 0 Å². The van der Waals surface area contributed by atoms with Gasteiger partial charge in [-0.15, -0.1) is 0 Å². The van der Waals surface area contributed by atoms with Gasteiger partial charge in [0.1, 0.15) is 0 Å². The van der Waals surface area contributed by atoms with Crippen molar-refractivity contribution in [2.24, 2.45) is 0 Å². The van der Waals surface area contributed by atoms with Gasteiger partial charge in [-0.1, -0.05) is 42.8 Å². The Hall–Kier alpha value is -1.57. The Bertz CT molecular complexity index is 343. The standard InChI is InChI=1S/C15H21NO/c1-16-15(17)13-9-4-2-3-6-10-14-11-7-5-8-12-14/h5,7-9,11-13H,2-4,6,10H2,1H3,(H,16,17). The highest BCUT2D eigenvalue weighted by molar-refractivity contribution is 5.87. The predicted octanol–water partition coefficient (Wildman–Crippen LogP) is 3.09. The first kappa shape index (κ1) is 13.5. The van der Waals surface area contributed by atoms with Gasteiger partial charge in [0.2, 0.25) is 5.91 Å². The molecule has 0 spiro atoms. The Kier molecular flexibility index (Phi) is 6.80. The van der Waals surface area contributed by atoms with Crippen molar-refractivity contribution in [3.8, 4) is 0 Å². The first-order chi connectivity index (χ1) is 8.33. The second-order valence-corrected chi connectivity index (χ2v) is 4.10. The number of rotatable bonds is 7. The lowest BCUT2D eigenvalue weighted by atomic mass is 10.1. The summed E-state index contributed by atoms with van der Waals surface area (Å²) in [4.78, 5) is 10.9. The summed E-state index contributed by atoms with van der Waals surface area (Å²) < 4.78 is 0. The molecule has 0 unspecified atom stereocenters.